The largest absolute Gasteiger partial charge is 0.405 e. The van der Waals surface area contributed by atoms with Gasteiger partial charge in [-0.1, -0.05) is 19.3 Å². The van der Waals surface area contributed by atoms with Crippen molar-refractivity contribution < 1.29 is 35.9 Å². The van der Waals surface area contributed by atoms with Crippen molar-refractivity contribution in [3.05, 3.63) is 42.0 Å². The molecule has 0 radical (unpaired) electrons. The average molecular weight is 525 g/mol. The van der Waals surface area contributed by atoms with Gasteiger partial charge in [-0.05, 0) is 43.3 Å². The van der Waals surface area contributed by atoms with E-state index in [4.69, 9.17) is 11.5 Å². The third-order valence-electron chi connectivity index (χ3n) is 4.92. The van der Waals surface area contributed by atoms with Gasteiger partial charge in [0.25, 0.3) is 0 Å². The van der Waals surface area contributed by atoms with E-state index in [1.54, 1.807) is 12.1 Å². The van der Waals surface area contributed by atoms with E-state index >= 15 is 0 Å². The summed E-state index contributed by atoms with van der Waals surface area (Å²) in [4.78, 5) is 22.2. The standard InChI is InChI=1S/C14H18F3N3O.C8H12F3N3O/c15-14(16,17)9-8-13(21)18-12-7-6-11(19-20-12)10-4-2-1-3-5-10;9-8(10,11)4-3-7(15)14-6(13)2-1-5-12/h6-7,10H,1-5,8-9H2,(H,18,20,21);1-2,5H,3-4,12-13H2,(H,14,15)/b;5-1-,6-2+. The molecule has 1 aliphatic rings. The molecule has 0 aromatic carbocycles. The predicted molar refractivity (Wildman–Crippen MR) is 121 cm³/mol. The zero-order chi connectivity index (χ0) is 27.2. The van der Waals surface area contributed by atoms with Crippen LogP contribution in [0, 0.1) is 0 Å². The van der Waals surface area contributed by atoms with Crippen LogP contribution in [0.25, 0.3) is 0 Å². The molecule has 1 aliphatic carbocycles. The van der Waals surface area contributed by atoms with Crippen molar-refractivity contribution in [3.8, 4) is 0 Å². The second kappa shape index (κ2) is 14.9. The van der Waals surface area contributed by atoms with E-state index in [0.717, 1.165) is 18.5 Å². The molecule has 0 aliphatic heterocycles. The fraction of sp³-hybridized carbons (Fsp3) is 0.545. The lowest BCUT2D eigenvalue weighted by Crippen LogP contribution is -2.28. The molecule has 0 unspecified atom stereocenters. The van der Waals surface area contributed by atoms with E-state index < -0.39 is 49.9 Å². The van der Waals surface area contributed by atoms with Crippen LogP contribution in [0.4, 0.5) is 32.2 Å². The van der Waals surface area contributed by atoms with Crippen LogP contribution in [0.15, 0.2) is 36.3 Å². The lowest BCUT2D eigenvalue weighted by molar-refractivity contribution is -0.143. The maximum absolute atomic E-state index is 12.0. The first-order chi connectivity index (χ1) is 16.8. The number of alkyl halides is 6. The molecule has 202 valence electrons. The smallest absolute Gasteiger partial charge is 0.389 e. The van der Waals surface area contributed by atoms with Gasteiger partial charge in [0, 0.05) is 18.8 Å². The van der Waals surface area contributed by atoms with E-state index in [0.29, 0.717) is 5.92 Å². The minimum atomic E-state index is -4.34. The maximum atomic E-state index is 12.0. The van der Waals surface area contributed by atoms with Crippen LogP contribution in [-0.4, -0.2) is 34.4 Å². The van der Waals surface area contributed by atoms with E-state index in [1.165, 1.54) is 37.6 Å². The van der Waals surface area contributed by atoms with Crippen LogP contribution in [-0.2, 0) is 9.59 Å². The summed E-state index contributed by atoms with van der Waals surface area (Å²) in [5, 5.41) is 12.4. The first kappa shape index (κ1) is 30.7. The fourth-order valence-corrected chi connectivity index (χ4v) is 3.17. The molecule has 1 aromatic heterocycles. The van der Waals surface area contributed by atoms with Gasteiger partial charge in [-0.25, -0.2) is 0 Å². The lowest BCUT2D eigenvalue weighted by Gasteiger charge is -2.20. The topological polar surface area (TPSA) is 136 Å². The highest BCUT2D eigenvalue weighted by molar-refractivity contribution is 5.89. The number of carbonyl (C=O) groups is 2. The Labute approximate surface area is 204 Å². The van der Waals surface area contributed by atoms with Crippen LogP contribution < -0.4 is 22.1 Å². The van der Waals surface area contributed by atoms with Crippen molar-refractivity contribution >= 4 is 17.6 Å². The zero-order valence-electron chi connectivity index (χ0n) is 19.5. The third kappa shape index (κ3) is 14.8. The van der Waals surface area contributed by atoms with Crippen molar-refractivity contribution in [2.24, 2.45) is 11.5 Å². The second-order valence-corrected chi connectivity index (χ2v) is 8.01. The number of nitrogens with two attached hydrogens (primary N) is 2. The minimum absolute atomic E-state index is 0.0520. The van der Waals surface area contributed by atoms with E-state index in [1.807, 2.05) is 0 Å². The molecule has 2 rings (SSSR count). The lowest BCUT2D eigenvalue weighted by atomic mass is 9.87. The predicted octanol–water partition coefficient (Wildman–Crippen LogP) is 4.52. The van der Waals surface area contributed by atoms with Gasteiger partial charge in [-0.2, -0.15) is 31.4 Å². The molecule has 6 N–H and O–H groups in total. The Hall–Kier alpha value is -3.32. The highest BCUT2D eigenvalue weighted by Crippen LogP contribution is 2.31. The number of aromatic nitrogens is 2. The van der Waals surface area contributed by atoms with Gasteiger partial charge in [0.2, 0.25) is 11.8 Å². The Morgan fingerprint density at radius 3 is 2.03 bits per heavy atom. The number of anilines is 1. The molecule has 1 fully saturated rings. The van der Waals surface area contributed by atoms with E-state index in [2.05, 4.69) is 20.8 Å². The summed E-state index contributed by atoms with van der Waals surface area (Å²) in [5.41, 5.74) is 11.1. The summed E-state index contributed by atoms with van der Waals surface area (Å²) < 4.78 is 71.1. The molecule has 0 bridgehead atoms. The van der Waals surface area contributed by atoms with Crippen LogP contribution in [0.1, 0.15) is 69.4 Å². The van der Waals surface area contributed by atoms with Crippen molar-refractivity contribution in [3.63, 3.8) is 0 Å². The van der Waals surface area contributed by atoms with Crippen molar-refractivity contribution in [1.29, 1.82) is 0 Å². The van der Waals surface area contributed by atoms with Crippen LogP contribution in [0.2, 0.25) is 0 Å². The summed E-state index contributed by atoms with van der Waals surface area (Å²) >= 11 is 0. The van der Waals surface area contributed by atoms with Crippen molar-refractivity contribution in [1.82, 2.24) is 15.5 Å². The molecule has 1 aromatic rings. The summed E-state index contributed by atoms with van der Waals surface area (Å²) in [6.07, 6.45) is -2.63. The molecule has 36 heavy (non-hydrogen) atoms. The summed E-state index contributed by atoms with van der Waals surface area (Å²) in [5.74, 6) is -0.939. The summed E-state index contributed by atoms with van der Waals surface area (Å²) in [7, 11) is 0. The van der Waals surface area contributed by atoms with Gasteiger partial charge in [-0.3, -0.25) is 9.59 Å². The van der Waals surface area contributed by atoms with Gasteiger partial charge in [0.15, 0.2) is 5.82 Å². The summed E-state index contributed by atoms with van der Waals surface area (Å²) in [6.45, 7) is 0. The normalized spacial score (nSPS) is 15.2. The molecule has 2 amide bonds. The number of halogens is 6. The molecule has 1 saturated carbocycles. The Morgan fingerprint density at radius 2 is 1.53 bits per heavy atom. The molecule has 0 spiro atoms. The molecule has 14 heteroatoms. The minimum Gasteiger partial charge on any atom is -0.405 e. The van der Waals surface area contributed by atoms with Gasteiger partial charge < -0.3 is 22.1 Å². The number of nitrogens with zero attached hydrogens (tertiary/aromatic N) is 2. The number of hydrogen-bond donors (Lipinski definition) is 4. The van der Waals surface area contributed by atoms with Gasteiger partial charge >= 0.3 is 12.4 Å². The zero-order valence-corrected chi connectivity index (χ0v) is 19.5. The molecule has 1 heterocycles. The monoisotopic (exact) mass is 524 g/mol. The van der Waals surface area contributed by atoms with Crippen LogP contribution in [0.5, 0.6) is 0 Å². The van der Waals surface area contributed by atoms with Crippen LogP contribution in [0.3, 0.4) is 0 Å². The Bertz CT molecular complexity index is 879. The fourth-order valence-electron chi connectivity index (χ4n) is 3.17. The van der Waals surface area contributed by atoms with Crippen molar-refractivity contribution in [2.45, 2.75) is 76.1 Å². The number of amides is 2. The van der Waals surface area contributed by atoms with Crippen molar-refractivity contribution in [2.75, 3.05) is 5.32 Å². The van der Waals surface area contributed by atoms with E-state index in [-0.39, 0.29) is 11.6 Å². The Morgan fingerprint density at radius 1 is 0.944 bits per heavy atom. The molecule has 0 atom stereocenters. The third-order valence-corrected chi connectivity index (χ3v) is 4.92. The maximum Gasteiger partial charge on any atom is 0.389 e. The SMILES string of the molecule is N/C=C\C=C(/N)NC(=O)CCC(F)(F)F.O=C(CCC(F)(F)F)Nc1ccc(C2CCCCC2)nn1. The quantitative estimate of drug-likeness (QED) is 0.292. The second-order valence-electron chi connectivity index (χ2n) is 8.01. The first-order valence-corrected chi connectivity index (χ1v) is 11.2. The number of hydrogen-bond acceptors (Lipinski definition) is 6. The highest BCUT2D eigenvalue weighted by atomic mass is 19.4. The first-order valence-electron chi connectivity index (χ1n) is 11.2. The van der Waals surface area contributed by atoms with Gasteiger partial charge in [0.1, 0.15) is 5.82 Å². The number of carbonyl (C=O) groups excluding carboxylic acids is 2. The number of rotatable bonds is 8. The van der Waals surface area contributed by atoms with Crippen LogP contribution >= 0.6 is 0 Å². The highest BCUT2D eigenvalue weighted by Gasteiger charge is 2.28. The average Bonchev–Trinajstić information content (AvgIpc) is 2.81. The van der Waals surface area contributed by atoms with Gasteiger partial charge in [-0.15, -0.1) is 5.10 Å². The van der Waals surface area contributed by atoms with Gasteiger partial charge in [0.05, 0.1) is 18.5 Å². The Balaban J connectivity index is 0.000000384. The molecular weight excluding hydrogens is 494 g/mol. The number of nitrogens with one attached hydrogen (secondary N) is 2. The van der Waals surface area contributed by atoms with E-state index in [9.17, 15) is 35.9 Å². The molecule has 0 saturated heterocycles. The number of allylic oxidation sites excluding steroid dienone is 2. The Kier molecular flexibility index (Phi) is 12.7. The summed E-state index contributed by atoms with van der Waals surface area (Å²) in [6, 6.07) is 3.39. The molecular formula is C22H30F6N6O2. The molecule has 8 nitrogen and oxygen atoms in total.